The van der Waals surface area contributed by atoms with E-state index in [1.165, 1.54) is 0 Å². The largest absolute Gasteiger partial charge is 0.488 e. The molecule has 2 aromatic carbocycles. The molecular weight excluding hydrogens is 260 g/mol. The van der Waals surface area contributed by atoms with Gasteiger partial charge >= 0.3 is 0 Å². The van der Waals surface area contributed by atoms with Crippen molar-refractivity contribution in [3.63, 3.8) is 0 Å². The maximum atomic E-state index is 9.77. The van der Waals surface area contributed by atoms with Crippen LogP contribution in [0.15, 0.2) is 42.5 Å². The summed E-state index contributed by atoms with van der Waals surface area (Å²) in [5.74, 6) is 0.695. The zero-order valence-electron chi connectivity index (χ0n) is 11.1. The van der Waals surface area contributed by atoms with Crippen molar-refractivity contribution in [1.82, 2.24) is 0 Å². The fourth-order valence-electron chi connectivity index (χ4n) is 1.90. The van der Waals surface area contributed by atoms with Gasteiger partial charge in [0.1, 0.15) is 12.4 Å². The van der Waals surface area contributed by atoms with E-state index in [4.69, 9.17) is 16.3 Å². The molecule has 19 heavy (non-hydrogen) atoms. The molecule has 0 saturated heterocycles. The van der Waals surface area contributed by atoms with E-state index in [0.29, 0.717) is 17.4 Å². The molecule has 0 radical (unpaired) electrons. The summed E-state index contributed by atoms with van der Waals surface area (Å²) in [6, 6.07) is 13.4. The van der Waals surface area contributed by atoms with Crippen LogP contribution in [0.25, 0.3) is 0 Å². The summed E-state index contributed by atoms with van der Waals surface area (Å²) in [6.45, 7) is 4.11. The minimum atomic E-state index is -0.554. The second-order valence-corrected chi connectivity index (χ2v) is 5.00. The topological polar surface area (TPSA) is 29.5 Å². The first-order valence-corrected chi connectivity index (χ1v) is 6.60. The Bertz CT molecular complexity index is 564. The SMILES string of the molecule is Cc1ccc(OCc2ccccc2Cl)c([C@H](C)O)c1. The second kappa shape index (κ2) is 6.09. The third-order valence-electron chi connectivity index (χ3n) is 2.96. The van der Waals surface area contributed by atoms with E-state index in [1.807, 2.05) is 49.4 Å². The predicted molar refractivity (Wildman–Crippen MR) is 77.6 cm³/mol. The van der Waals surface area contributed by atoms with Crippen LogP contribution in [-0.4, -0.2) is 5.11 Å². The Morgan fingerprint density at radius 1 is 1.21 bits per heavy atom. The number of rotatable bonds is 4. The maximum Gasteiger partial charge on any atom is 0.125 e. The first-order valence-electron chi connectivity index (χ1n) is 6.22. The van der Waals surface area contributed by atoms with Crippen molar-refractivity contribution < 1.29 is 9.84 Å². The third kappa shape index (κ3) is 3.49. The molecular formula is C16H17ClO2. The summed E-state index contributed by atoms with van der Waals surface area (Å²) >= 11 is 6.09. The van der Waals surface area contributed by atoms with E-state index < -0.39 is 6.10 Å². The van der Waals surface area contributed by atoms with Gasteiger partial charge in [0.25, 0.3) is 0 Å². The van der Waals surface area contributed by atoms with Gasteiger partial charge in [-0.1, -0.05) is 41.4 Å². The monoisotopic (exact) mass is 276 g/mol. The quantitative estimate of drug-likeness (QED) is 0.903. The summed E-state index contributed by atoms with van der Waals surface area (Å²) < 4.78 is 5.78. The molecule has 0 fully saturated rings. The molecule has 0 bridgehead atoms. The molecule has 0 aliphatic heterocycles. The van der Waals surface area contributed by atoms with Gasteiger partial charge in [0.2, 0.25) is 0 Å². The Hall–Kier alpha value is -1.51. The third-order valence-corrected chi connectivity index (χ3v) is 3.33. The lowest BCUT2D eigenvalue weighted by Crippen LogP contribution is -2.01. The summed E-state index contributed by atoms with van der Waals surface area (Å²) in [5.41, 5.74) is 2.83. The van der Waals surface area contributed by atoms with Gasteiger partial charge in [-0.3, -0.25) is 0 Å². The molecule has 2 nitrogen and oxygen atoms in total. The molecule has 0 aliphatic carbocycles. The summed E-state index contributed by atoms with van der Waals surface area (Å²) in [7, 11) is 0. The number of halogens is 1. The Morgan fingerprint density at radius 3 is 2.63 bits per heavy atom. The minimum Gasteiger partial charge on any atom is -0.488 e. The average Bonchev–Trinajstić information content (AvgIpc) is 2.38. The first kappa shape index (κ1) is 13.9. The fourth-order valence-corrected chi connectivity index (χ4v) is 2.09. The Kier molecular flexibility index (Phi) is 4.46. The molecule has 2 rings (SSSR count). The standard InChI is InChI=1S/C16H17ClO2/c1-11-7-8-16(14(9-11)12(2)18)19-10-13-5-3-4-6-15(13)17/h3-9,12,18H,10H2,1-2H3/t12-/m0/s1. The van der Waals surface area contributed by atoms with Crippen LogP contribution in [0.3, 0.4) is 0 Å². The van der Waals surface area contributed by atoms with Crippen LogP contribution in [0.2, 0.25) is 5.02 Å². The van der Waals surface area contributed by atoms with Gasteiger partial charge < -0.3 is 9.84 Å². The number of ether oxygens (including phenoxy) is 1. The van der Waals surface area contributed by atoms with Crippen LogP contribution in [-0.2, 0) is 6.61 Å². The highest BCUT2D eigenvalue weighted by atomic mass is 35.5. The van der Waals surface area contributed by atoms with E-state index in [-0.39, 0.29) is 0 Å². The van der Waals surface area contributed by atoms with Crippen molar-refractivity contribution in [3.05, 3.63) is 64.2 Å². The smallest absolute Gasteiger partial charge is 0.125 e. The highest BCUT2D eigenvalue weighted by Gasteiger charge is 2.10. The average molecular weight is 277 g/mol. The van der Waals surface area contributed by atoms with Crippen molar-refractivity contribution in [2.24, 2.45) is 0 Å². The molecule has 0 aliphatic rings. The minimum absolute atomic E-state index is 0.391. The summed E-state index contributed by atoms with van der Waals surface area (Å²) in [5, 5.41) is 10.5. The highest BCUT2D eigenvalue weighted by Crippen LogP contribution is 2.27. The predicted octanol–water partition coefficient (Wildman–Crippen LogP) is 4.28. The first-order chi connectivity index (χ1) is 9.08. The fraction of sp³-hybridized carbons (Fsp3) is 0.250. The zero-order chi connectivity index (χ0) is 13.8. The lowest BCUT2D eigenvalue weighted by atomic mass is 10.1. The molecule has 0 saturated carbocycles. The van der Waals surface area contributed by atoms with Crippen LogP contribution in [0, 0.1) is 6.92 Å². The maximum absolute atomic E-state index is 9.77. The highest BCUT2D eigenvalue weighted by molar-refractivity contribution is 6.31. The van der Waals surface area contributed by atoms with Crippen LogP contribution >= 0.6 is 11.6 Å². The van der Waals surface area contributed by atoms with Crippen molar-refractivity contribution in [2.75, 3.05) is 0 Å². The Labute approximate surface area is 118 Å². The number of aliphatic hydroxyl groups excluding tert-OH is 1. The van der Waals surface area contributed by atoms with Gasteiger partial charge in [0.05, 0.1) is 6.10 Å². The molecule has 0 unspecified atom stereocenters. The molecule has 0 spiro atoms. The van der Waals surface area contributed by atoms with E-state index in [1.54, 1.807) is 6.92 Å². The van der Waals surface area contributed by atoms with E-state index in [0.717, 1.165) is 16.7 Å². The number of aryl methyl sites for hydroxylation is 1. The van der Waals surface area contributed by atoms with Crippen LogP contribution < -0.4 is 4.74 Å². The van der Waals surface area contributed by atoms with Crippen LogP contribution in [0.1, 0.15) is 29.7 Å². The molecule has 1 atom stereocenters. The number of hydrogen-bond acceptors (Lipinski definition) is 2. The Morgan fingerprint density at radius 2 is 1.95 bits per heavy atom. The van der Waals surface area contributed by atoms with Gasteiger partial charge in [-0.05, 0) is 32.0 Å². The summed E-state index contributed by atoms with van der Waals surface area (Å²) in [6.07, 6.45) is -0.554. The van der Waals surface area contributed by atoms with Gasteiger partial charge in [0.15, 0.2) is 0 Å². The number of hydrogen-bond donors (Lipinski definition) is 1. The van der Waals surface area contributed by atoms with E-state index in [9.17, 15) is 5.11 Å². The van der Waals surface area contributed by atoms with Crippen LogP contribution in [0.4, 0.5) is 0 Å². The molecule has 100 valence electrons. The van der Waals surface area contributed by atoms with Gasteiger partial charge in [-0.15, -0.1) is 0 Å². The molecule has 2 aromatic rings. The van der Waals surface area contributed by atoms with Gasteiger partial charge in [-0.25, -0.2) is 0 Å². The molecule has 0 heterocycles. The Balaban J connectivity index is 2.18. The van der Waals surface area contributed by atoms with E-state index >= 15 is 0 Å². The van der Waals surface area contributed by atoms with Crippen molar-refractivity contribution in [3.8, 4) is 5.75 Å². The molecule has 1 N–H and O–H groups in total. The van der Waals surface area contributed by atoms with E-state index in [2.05, 4.69) is 0 Å². The number of benzene rings is 2. The van der Waals surface area contributed by atoms with Crippen LogP contribution in [0.5, 0.6) is 5.75 Å². The van der Waals surface area contributed by atoms with Crippen molar-refractivity contribution in [2.45, 2.75) is 26.6 Å². The molecule has 0 aromatic heterocycles. The summed E-state index contributed by atoms with van der Waals surface area (Å²) in [4.78, 5) is 0. The zero-order valence-corrected chi connectivity index (χ0v) is 11.8. The van der Waals surface area contributed by atoms with Gasteiger partial charge in [-0.2, -0.15) is 0 Å². The molecule has 3 heteroatoms. The van der Waals surface area contributed by atoms with Gasteiger partial charge in [0, 0.05) is 16.1 Å². The molecule has 0 amide bonds. The second-order valence-electron chi connectivity index (χ2n) is 4.60. The van der Waals surface area contributed by atoms with Crippen molar-refractivity contribution >= 4 is 11.6 Å². The lowest BCUT2D eigenvalue weighted by molar-refractivity contribution is 0.190. The lowest BCUT2D eigenvalue weighted by Gasteiger charge is -2.14. The van der Waals surface area contributed by atoms with Crippen molar-refractivity contribution in [1.29, 1.82) is 0 Å². The normalized spacial score (nSPS) is 12.2. The number of aliphatic hydroxyl groups is 1.